The third-order valence-corrected chi connectivity index (χ3v) is 3.84. The monoisotopic (exact) mass is 291 g/mol. The van der Waals surface area contributed by atoms with Gasteiger partial charge in [0.2, 0.25) is 5.91 Å². The molecular weight excluding hydrogens is 266 g/mol. The molecule has 1 fully saturated rings. The fourth-order valence-corrected chi connectivity index (χ4v) is 2.61. The second-order valence-corrected chi connectivity index (χ2v) is 5.80. The van der Waals surface area contributed by atoms with Gasteiger partial charge in [-0.1, -0.05) is 0 Å². The van der Waals surface area contributed by atoms with E-state index in [1.165, 1.54) is 0 Å². The Bertz CT molecular complexity index is 483. The van der Waals surface area contributed by atoms with Crippen molar-refractivity contribution >= 4 is 17.3 Å². The smallest absolute Gasteiger partial charge is 0.237 e. The third-order valence-electron chi connectivity index (χ3n) is 3.84. The summed E-state index contributed by atoms with van der Waals surface area (Å²) in [7, 11) is 0. The highest BCUT2D eigenvalue weighted by Crippen LogP contribution is 2.22. The maximum Gasteiger partial charge on any atom is 0.237 e. The van der Waals surface area contributed by atoms with E-state index in [9.17, 15) is 4.79 Å². The van der Waals surface area contributed by atoms with E-state index < -0.39 is 0 Å². The number of aromatic nitrogens is 1. The molecule has 116 valence electrons. The van der Waals surface area contributed by atoms with Crippen LogP contribution in [0.3, 0.4) is 0 Å². The highest BCUT2D eigenvalue weighted by atomic mass is 16.2. The molecular formula is C15H25N5O. The number of hydrogen-bond acceptors (Lipinski definition) is 5. The molecule has 1 aliphatic rings. The van der Waals surface area contributed by atoms with Crippen molar-refractivity contribution in [1.82, 2.24) is 15.2 Å². The highest BCUT2D eigenvalue weighted by molar-refractivity contribution is 5.81. The van der Waals surface area contributed by atoms with E-state index in [2.05, 4.69) is 20.1 Å². The number of piperazine rings is 1. The van der Waals surface area contributed by atoms with E-state index in [1.807, 2.05) is 26.8 Å². The van der Waals surface area contributed by atoms with Gasteiger partial charge in [-0.25, -0.2) is 0 Å². The number of nitrogens with one attached hydrogen (secondary N) is 1. The number of carbonyl (C=O) groups is 1. The summed E-state index contributed by atoms with van der Waals surface area (Å²) < 4.78 is 0. The fourth-order valence-electron chi connectivity index (χ4n) is 2.61. The molecule has 0 saturated carbocycles. The number of nitrogens with zero attached hydrogens (tertiary/aromatic N) is 3. The Morgan fingerprint density at radius 3 is 2.52 bits per heavy atom. The predicted octanol–water partition coefficient (Wildman–Crippen LogP) is 0.699. The van der Waals surface area contributed by atoms with Crippen LogP contribution in [0.5, 0.6) is 0 Å². The molecule has 0 spiro atoms. The van der Waals surface area contributed by atoms with Crippen molar-refractivity contribution in [3.8, 4) is 0 Å². The van der Waals surface area contributed by atoms with Gasteiger partial charge in [-0.15, -0.1) is 0 Å². The van der Waals surface area contributed by atoms with E-state index >= 15 is 0 Å². The Balaban J connectivity index is 1.91. The SMILES string of the molecule is CC(C)NC(=O)C(C)N1CCN(c2ccncc2N)CC1. The van der Waals surface area contributed by atoms with Crippen molar-refractivity contribution in [3.63, 3.8) is 0 Å². The van der Waals surface area contributed by atoms with Crippen molar-refractivity contribution in [1.29, 1.82) is 0 Å². The van der Waals surface area contributed by atoms with Crippen LogP contribution in [0, 0.1) is 0 Å². The number of rotatable bonds is 4. The van der Waals surface area contributed by atoms with Gasteiger partial charge in [0.1, 0.15) is 0 Å². The van der Waals surface area contributed by atoms with Gasteiger partial charge in [-0.3, -0.25) is 14.7 Å². The zero-order valence-corrected chi connectivity index (χ0v) is 13.0. The Kier molecular flexibility index (Phi) is 5.01. The second kappa shape index (κ2) is 6.76. The summed E-state index contributed by atoms with van der Waals surface area (Å²) in [6, 6.07) is 2.03. The molecule has 0 radical (unpaired) electrons. The topological polar surface area (TPSA) is 74.5 Å². The van der Waals surface area contributed by atoms with Crippen LogP contribution >= 0.6 is 0 Å². The molecule has 21 heavy (non-hydrogen) atoms. The number of anilines is 2. The summed E-state index contributed by atoms with van der Waals surface area (Å²) in [6.45, 7) is 9.38. The van der Waals surface area contributed by atoms with E-state index in [4.69, 9.17) is 5.73 Å². The van der Waals surface area contributed by atoms with Gasteiger partial charge in [0.15, 0.2) is 0 Å². The van der Waals surface area contributed by atoms with Crippen molar-refractivity contribution in [2.24, 2.45) is 0 Å². The largest absolute Gasteiger partial charge is 0.396 e. The van der Waals surface area contributed by atoms with Crippen LogP contribution in [-0.4, -0.2) is 54.1 Å². The quantitative estimate of drug-likeness (QED) is 0.854. The number of hydrogen-bond donors (Lipinski definition) is 2. The number of nitrogens with two attached hydrogens (primary N) is 1. The molecule has 3 N–H and O–H groups in total. The molecule has 2 heterocycles. The standard InChI is InChI=1S/C15H25N5O/c1-11(2)18-15(21)12(3)19-6-8-20(9-7-19)14-4-5-17-10-13(14)16/h4-5,10-12H,6-9,16H2,1-3H3,(H,18,21). The van der Waals surface area contributed by atoms with Gasteiger partial charge in [0.05, 0.1) is 23.6 Å². The number of amides is 1. The molecule has 1 aromatic rings. The maximum atomic E-state index is 12.1. The van der Waals surface area contributed by atoms with Crippen LogP contribution in [-0.2, 0) is 4.79 Å². The minimum atomic E-state index is -0.0932. The van der Waals surface area contributed by atoms with E-state index in [0.717, 1.165) is 31.9 Å². The first-order valence-electron chi connectivity index (χ1n) is 7.48. The average molecular weight is 291 g/mol. The van der Waals surface area contributed by atoms with Crippen molar-refractivity contribution in [3.05, 3.63) is 18.5 Å². The molecule has 1 unspecified atom stereocenters. The van der Waals surface area contributed by atoms with Crippen molar-refractivity contribution in [2.75, 3.05) is 36.8 Å². The first-order chi connectivity index (χ1) is 9.99. The minimum absolute atomic E-state index is 0.0932. The highest BCUT2D eigenvalue weighted by Gasteiger charge is 2.26. The van der Waals surface area contributed by atoms with E-state index in [-0.39, 0.29) is 18.0 Å². The van der Waals surface area contributed by atoms with Gasteiger partial charge in [-0.2, -0.15) is 0 Å². The van der Waals surface area contributed by atoms with Gasteiger partial charge in [-0.05, 0) is 26.8 Å². The molecule has 6 heteroatoms. The van der Waals surface area contributed by atoms with Crippen LogP contribution in [0.1, 0.15) is 20.8 Å². The minimum Gasteiger partial charge on any atom is -0.396 e. The third kappa shape index (κ3) is 3.85. The molecule has 1 aromatic heterocycles. The van der Waals surface area contributed by atoms with E-state index in [1.54, 1.807) is 12.4 Å². The average Bonchev–Trinajstić information content (AvgIpc) is 2.46. The lowest BCUT2D eigenvalue weighted by Crippen LogP contribution is -2.54. The Hall–Kier alpha value is -1.82. The first kappa shape index (κ1) is 15.6. The Labute approximate surface area is 126 Å². The Morgan fingerprint density at radius 2 is 1.95 bits per heavy atom. The maximum absolute atomic E-state index is 12.1. The van der Waals surface area contributed by atoms with Crippen LogP contribution < -0.4 is 16.0 Å². The summed E-state index contributed by atoms with van der Waals surface area (Å²) in [5.74, 6) is 0.0990. The molecule has 1 amide bonds. The van der Waals surface area contributed by atoms with Crippen LogP contribution in [0.2, 0.25) is 0 Å². The fraction of sp³-hybridized carbons (Fsp3) is 0.600. The summed E-state index contributed by atoms with van der Waals surface area (Å²) in [5, 5.41) is 2.97. The van der Waals surface area contributed by atoms with Gasteiger partial charge < -0.3 is 16.0 Å². The summed E-state index contributed by atoms with van der Waals surface area (Å²) in [4.78, 5) is 20.5. The van der Waals surface area contributed by atoms with Crippen molar-refractivity contribution in [2.45, 2.75) is 32.9 Å². The second-order valence-electron chi connectivity index (χ2n) is 5.80. The summed E-state index contributed by atoms with van der Waals surface area (Å²) >= 11 is 0. The molecule has 0 aliphatic carbocycles. The number of carbonyl (C=O) groups excluding carboxylic acids is 1. The first-order valence-corrected chi connectivity index (χ1v) is 7.48. The number of nitrogen functional groups attached to an aromatic ring is 1. The van der Waals surface area contributed by atoms with Crippen LogP contribution in [0.15, 0.2) is 18.5 Å². The molecule has 1 atom stereocenters. The number of pyridine rings is 1. The molecule has 1 aliphatic heterocycles. The van der Waals surface area contributed by atoms with E-state index in [0.29, 0.717) is 5.69 Å². The zero-order chi connectivity index (χ0) is 15.4. The lowest BCUT2D eigenvalue weighted by molar-refractivity contribution is -0.126. The molecule has 6 nitrogen and oxygen atoms in total. The summed E-state index contributed by atoms with van der Waals surface area (Å²) in [5.41, 5.74) is 7.70. The molecule has 2 rings (SSSR count). The normalized spacial score (nSPS) is 17.8. The van der Waals surface area contributed by atoms with Crippen LogP contribution in [0.4, 0.5) is 11.4 Å². The van der Waals surface area contributed by atoms with Gasteiger partial charge >= 0.3 is 0 Å². The lowest BCUT2D eigenvalue weighted by atomic mass is 10.2. The molecule has 0 aromatic carbocycles. The van der Waals surface area contributed by atoms with Crippen LogP contribution in [0.25, 0.3) is 0 Å². The Morgan fingerprint density at radius 1 is 1.29 bits per heavy atom. The van der Waals surface area contributed by atoms with Gasteiger partial charge in [0.25, 0.3) is 0 Å². The summed E-state index contributed by atoms with van der Waals surface area (Å²) in [6.07, 6.45) is 3.44. The zero-order valence-electron chi connectivity index (χ0n) is 13.0. The molecule has 0 bridgehead atoms. The van der Waals surface area contributed by atoms with Crippen molar-refractivity contribution < 1.29 is 4.79 Å². The molecule has 1 saturated heterocycles. The van der Waals surface area contributed by atoms with Gasteiger partial charge in [0, 0.05) is 38.4 Å². The lowest BCUT2D eigenvalue weighted by Gasteiger charge is -2.39. The predicted molar refractivity (Wildman–Crippen MR) is 85.2 cm³/mol.